The van der Waals surface area contributed by atoms with Crippen molar-refractivity contribution in [2.45, 2.75) is 110 Å². The van der Waals surface area contributed by atoms with Crippen LogP contribution < -0.4 is 10.6 Å². The lowest BCUT2D eigenvalue weighted by molar-refractivity contribution is -0.146. The second kappa shape index (κ2) is 18.8. The minimum absolute atomic E-state index is 0.156. The van der Waals surface area contributed by atoms with Crippen LogP contribution in [0.25, 0.3) is 0 Å². The fraction of sp³-hybridized carbons (Fsp3) is 0.463. The van der Waals surface area contributed by atoms with Crippen LogP contribution in [0.5, 0.6) is 0 Å². The fourth-order valence-electron chi connectivity index (χ4n) is 5.72. The van der Waals surface area contributed by atoms with Gasteiger partial charge in [0.2, 0.25) is 0 Å². The molecule has 0 aliphatic carbocycles. The summed E-state index contributed by atoms with van der Waals surface area (Å²) in [4.78, 5) is 54.4. The molecule has 52 heavy (non-hydrogen) atoms. The summed E-state index contributed by atoms with van der Waals surface area (Å²) in [6.07, 6.45) is 3.80. The molecule has 3 aromatic carbocycles. The van der Waals surface area contributed by atoms with E-state index in [1.807, 2.05) is 102 Å². The van der Waals surface area contributed by atoms with Gasteiger partial charge >= 0.3 is 19.1 Å². The highest BCUT2D eigenvalue weighted by molar-refractivity contribution is 6.45. The quantitative estimate of drug-likeness (QED) is 0.0903. The number of rotatable bonds is 18. The minimum Gasteiger partial charge on any atom is -0.464 e. The average Bonchev–Trinajstić information content (AvgIpc) is 3.32. The van der Waals surface area contributed by atoms with Crippen molar-refractivity contribution in [3.05, 3.63) is 107 Å². The molecule has 278 valence electrons. The van der Waals surface area contributed by atoms with Crippen molar-refractivity contribution in [1.82, 2.24) is 10.6 Å². The lowest BCUT2D eigenvalue weighted by Crippen LogP contribution is -2.44. The van der Waals surface area contributed by atoms with Crippen LogP contribution in [0.1, 0.15) is 105 Å². The Kier molecular flexibility index (Phi) is 14.6. The number of hydrogen-bond donors (Lipinski definition) is 2. The Balaban J connectivity index is 1.65. The van der Waals surface area contributed by atoms with Gasteiger partial charge in [0.1, 0.15) is 12.1 Å². The number of esters is 2. The monoisotopic (exact) mass is 712 g/mol. The molecule has 1 heterocycles. The smallest absolute Gasteiger partial charge is 0.462 e. The van der Waals surface area contributed by atoms with Crippen molar-refractivity contribution >= 4 is 30.9 Å². The predicted molar refractivity (Wildman–Crippen MR) is 201 cm³/mol. The van der Waals surface area contributed by atoms with Crippen molar-refractivity contribution in [3.8, 4) is 0 Å². The first kappa shape index (κ1) is 40.3. The summed E-state index contributed by atoms with van der Waals surface area (Å²) in [6.45, 7) is 12.3. The van der Waals surface area contributed by atoms with Crippen molar-refractivity contribution in [3.63, 3.8) is 0 Å². The summed E-state index contributed by atoms with van der Waals surface area (Å²) in [5.74, 6) is -2.19. The third kappa shape index (κ3) is 11.5. The summed E-state index contributed by atoms with van der Waals surface area (Å²) in [7, 11) is -0.641. The molecule has 0 spiro atoms. The van der Waals surface area contributed by atoms with E-state index in [1.165, 1.54) is 6.07 Å². The molecule has 1 saturated heterocycles. The van der Waals surface area contributed by atoms with E-state index in [9.17, 15) is 19.2 Å². The maximum Gasteiger partial charge on any atom is 0.462 e. The van der Waals surface area contributed by atoms with Gasteiger partial charge in [0.15, 0.2) is 0 Å². The van der Waals surface area contributed by atoms with Crippen LogP contribution in [0.4, 0.5) is 0 Å². The summed E-state index contributed by atoms with van der Waals surface area (Å²) in [6, 6.07) is 21.6. The van der Waals surface area contributed by atoms with Crippen LogP contribution in [0.3, 0.4) is 0 Å². The molecular weight excluding hydrogens is 659 g/mol. The van der Waals surface area contributed by atoms with Gasteiger partial charge in [0, 0.05) is 30.3 Å². The summed E-state index contributed by atoms with van der Waals surface area (Å²) in [5, 5.41) is 5.72. The van der Waals surface area contributed by atoms with Gasteiger partial charge in [0.05, 0.1) is 24.4 Å². The first-order chi connectivity index (χ1) is 24.8. The molecule has 1 fully saturated rings. The number of nitrogens with one attached hydrogen (secondary N) is 2. The molecule has 0 saturated carbocycles. The van der Waals surface area contributed by atoms with E-state index in [1.54, 1.807) is 12.1 Å². The highest BCUT2D eigenvalue weighted by Gasteiger charge is 2.50. The van der Waals surface area contributed by atoms with Crippen LogP contribution >= 0.6 is 0 Å². The molecule has 1 aliphatic rings. The zero-order valence-electron chi connectivity index (χ0n) is 31.4. The van der Waals surface area contributed by atoms with Crippen molar-refractivity contribution in [2.24, 2.45) is 0 Å². The molecule has 0 aromatic heterocycles. The van der Waals surface area contributed by atoms with Crippen LogP contribution in [-0.2, 0) is 47.5 Å². The first-order valence-corrected chi connectivity index (χ1v) is 18.3. The molecule has 0 bridgehead atoms. The predicted octanol–water partition coefficient (Wildman–Crippen LogP) is 6.23. The van der Waals surface area contributed by atoms with Gasteiger partial charge in [0.25, 0.3) is 11.8 Å². The maximum atomic E-state index is 14.0. The molecule has 2 amide bonds. The molecular formula is C41H53BN2O8. The number of amides is 2. The Hall–Kier alpha value is -4.48. The van der Waals surface area contributed by atoms with Gasteiger partial charge in [-0.05, 0) is 75.4 Å². The van der Waals surface area contributed by atoms with E-state index in [0.717, 1.165) is 24.0 Å². The number of ether oxygens (including phenoxy) is 2. The van der Waals surface area contributed by atoms with Crippen LogP contribution in [-0.4, -0.2) is 67.4 Å². The fourth-order valence-corrected chi connectivity index (χ4v) is 5.72. The van der Waals surface area contributed by atoms with Crippen molar-refractivity contribution in [2.75, 3.05) is 13.2 Å². The SMILES string of the molecule is CCCCOC(=O)C(Cc1ccccc1)NC(=O)c1cc(CB2OC(C)(C)C(C)(C)O2)cc(C(=O)NC(Cc2ccccc2)C(=O)OCCCC)c1. The molecule has 10 nitrogen and oxygen atoms in total. The van der Waals surface area contributed by atoms with E-state index >= 15 is 0 Å². The highest BCUT2D eigenvalue weighted by Crippen LogP contribution is 2.37. The van der Waals surface area contributed by atoms with Crippen LogP contribution in [0.15, 0.2) is 78.9 Å². The summed E-state index contributed by atoms with van der Waals surface area (Å²) >= 11 is 0. The Bertz CT molecular complexity index is 1530. The van der Waals surface area contributed by atoms with Gasteiger partial charge < -0.3 is 29.4 Å². The average molecular weight is 713 g/mol. The highest BCUT2D eigenvalue weighted by atomic mass is 16.7. The zero-order chi connectivity index (χ0) is 37.7. The van der Waals surface area contributed by atoms with Gasteiger partial charge in [-0.1, -0.05) is 87.4 Å². The molecule has 2 N–H and O–H groups in total. The molecule has 1 aliphatic heterocycles. The lowest BCUT2D eigenvalue weighted by atomic mass is 9.80. The zero-order valence-corrected chi connectivity index (χ0v) is 31.4. The van der Waals surface area contributed by atoms with Crippen molar-refractivity contribution < 1.29 is 38.0 Å². The molecule has 2 unspecified atom stereocenters. The van der Waals surface area contributed by atoms with Gasteiger partial charge in [-0.2, -0.15) is 0 Å². The number of carbonyl (C=O) groups excluding carboxylic acids is 4. The van der Waals surface area contributed by atoms with E-state index in [0.29, 0.717) is 18.4 Å². The molecule has 3 aromatic rings. The third-order valence-electron chi connectivity index (χ3n) is 9.45. The summed E-state index contributed by atoms with van der Waals surface area (Å²) < 4.78 is 23.5. The molecule has 11 heteroatoms. The minimum atomic E-state index is -0.969. The van der Waals surface area contributed by atoms with Gasteiger partial charge in [-0.3, -0.25) is 9.59 Å². The topological polar surface area (TPSA) is 129 Å². The number of carbonyl (C=O) groups is 4. The van der Waals surface area contributed by atoms with E-state index < -0.39 is 54.2 Å². The maximum absolute atomic E-state index is 14.0. The largest absolute Gasteiger partial charge is 0.464 e. The first-order valence-electron chi connectivity index (χ1n) is 18.3. The van der Waals surface area contributed by atoms with E-state index in [2.05, 4.69) is 10.6 Å². The summed E-state index contributed by atoms with van der Waals surface area (Å²) in [5.41, 5.74) is 1.45. The van der Waals surface area contributed by atoms with E-state index in [-0.39, 0.29) is 43.5 Å². The number of unbranched alkanes of at least 4 members (excludes halogenated alkanes) is 2. The Morgan fingerprint density at radius 1 is 0.635 bits per heavy atom. The molecule has 4 rings (SSSR count). The van der Waals surface area contributed by atoms with E-state index in [4.69, 9.17) is 18.8 Å². The normalized spacial score (nSPS) is 15.7. The lowest BCUT2D eigenvalue weighted by Gasteiger charge is -2.32. The van der Waals surface area contributed by atoms with Gasteiger partial charge in [-0.25, -0.2) is 9.59 Å². The third-order valence-corrected chi connectivity index (χ3v) is 9.45. The molecule has 0 radical (unpaired) electrons. The molecule has 2 atom stereocenters. The number of benzene rings is 3. The Morgan fingerprint density at radius 2 is 1.04 bits per heavy atom. The standard InChI is InChI=1S/C41H53BN2O8/c1-7-9-21-49-38(47)34(25-29-17-13-11-14-18-29)43-36(45)32-23-31(28-42-51-40(3,4)41(5,6)52-42)24-33(27-32)37(46)44-35(39(48)50-22-10-8-2)26-30-19-15-12-16-20-30/h11-20,23-24,27,34-35H,7-10,21-22,25-26,28H2,1-6H3,(H,43,45)(H,44,46). The second-order valence-corrected chi connectivity index (χ2v) is 14.3. The van der Waals surface area contributed by atoms with Gasteiger partial charge in [-0.15, -0.1) is 0 Å². The van der Waals surface area contributed by atoms with Crippen molar-refractivity contribution in [1.29, 1.82) is 0 Å². The second-order valence-electron chi connectivity index (χ2n) is 14.3. The number of hydrogen-bond acceptors (Lipinski definition) is 8. The van der Waals surface area contributed by atoms with Crippen LogP contribution in [0, 0.1) is 0 Å². The Labute approximate surface area is 308 Å². The Morgan fingerprint density at radius 3 is 1.42 bits per heavy atom. The van der Waals surface area contributed by atoms with Crippen LogP contribution in [0.2, 0.25) is 0 Å².